The molecule has 0 fully saturated rings. The van der Waals surface area contributed by atoms with E-state index in [1.54, 1.807) is 18.3 Å². The average molecular weight is 271 g/mol. The number of benzene rings is 1. The quantitative estimate of drug-likeness (QED) is 0.801. The minimum Gasteiger partial charge on any atom is -0.491 e. The highest BCUT2D eigenvalue weighted by Gasteiger charge is 2.22. The van der Waals surface area contributed by atoms with E-state index in [0.717, 1.165) is 12.7 Å². The molecular formula is C15H13NO2S. The topological polar surface area (TPSA) is 39.2 Å². The summed E-state index contributed by atoms with van der Waals surface area (Å²) in [6.07, 6.45) is 3.37. The predicted octanol–water partition coefficient (Wildman–Crippen LogP) is 2.99. The van der Waals surface area contributed by atoms with Crippen LogP contribution in [0, 0.1) is 0 Å². The minimum atomic E-state index is 0.426. The maximum atomic E-state index is 10.5. The van der Waals surface area contributed by atoms with Crippen LogP contribution >= 0.6 is 11.8 Å². The zero-order valence-electron chi connectivity index (χ0n) is 10.3. The molecule has 19 heavy (non-hydrogen) atoms. The second kappa shape index (κ2) is 5.45. The van der Waals surface area contributed by atoms with E-state index in [1.165, 1.54) is 10.5 Å². The molecule has 3 rings (SSSR count). The molecule has 1 unspecified atom stereocenters. The number of rotatable bonds is 4. The lowest BCUT2D eigenvalue weighted by Crippen LogP contribution is -2.13. The summed E-state index contributed by atoms with van der Waals surface area (Å²) in [6, 6.07) is 11.9. The van der Waals surface area contributed by atoms with Crippen molar-refractivity contribution in [2.24, 2.45) is 0 Å². The number of fused-ring (bicyclic) bond motifs is 1. The van der Waals surface area contributed by atoms with Gasteiger partial charge in [-0.15, -0.1) is 11.8 Å². The van der Waals surface area contributed by atoms with Crippen molar-refractivity contribution < 1.29 is 9.53 Å². The second-order valence-electron chi connectivity index (χ2n) is 4.40. The fourth-order valence-corrected chi connectivity index (χ4v) is 3.30. The lowest BCUT2D eigenvalue weighted by atomic mass is 10.1. The number of nitrogens with zero attached hydrogens (tertiary/aromatic N) is 1. The Kier molecular flexibility index (Phi) is 3.51. The normalized spacial score (nSPS) is 16.9. The molecule has 0 aliphatic carbocycles. The van der Waals surface area contributed by atoms with Gasteiger partial charge in [-0.2, -0.15) is 0 Å². The molecule has 0 saturated heterocycles. The monoisotopic (exact) mass is 271 g/mol. The molecule has 4 heteroatoms. The number of aromatic nitrogens is 1. The van der Waals surface area contributed by atoms with Crippen LogP contribution in [0.2, 0.25) is 0 Å². The van der Waals surface area contributed by atoms with Crippen LogP contribution in [-0.4, -0.2) is 23.1 Å². The molecule has 0 bridgehead atoms. The Morgan fingerprint density at radius 3 is 2.95 bits per heavy atom. The van der Waals surface area contributed by atoms with Crippen molar-refractivity contribution in [3.8, 4) is 5.75 Å². The van der Waals surface area contributed by atoms with Crippen molar-refractivity contribution in [1.29, 1.82) is 0 Å². The van der Waals surface area contributed by atoms with Crippen molar-refractivity contribution in [3.63, 3.8) is 0 Å². The third-order valence-corrected chi connectivity index (χ3v) is 4.32. The number of carbonyl (C=O) groups excluding carboxylic acids is 1. The maximum Gasteiger partial charge on any atom is 0.168 e. The fourth-order valence-electron chi connectivity index (χ4n) is 2.08. The summed E-state index contributed by atoms with van der Waals surface area (Å²) >= 11 is 1.86. The van der Waals surface area contributed by atoms with E-state index < -0.39 is 0 Å². The van der Waals surface area contributed by atoms with E-state index in [4.69, 9.17) is 4.74 Å². The van der Waals surface area contributed by atoms with Gasteiger partial charge in [0.25, 0.3) is 0 Å². The fraction of sp³-hybridized carbons (Fsp3) is 0.200. The van der Waals surface area contributed by atoms with Gasteiger partial charge in [0.15, 0.2) is 6.29 Å². The number of aldehydes is 1. The first kappa shape index (κ1) is 12.2. The number of carbonyl (C=O) groups is 1. The first-order valence-electron chi connectivity index (χ1n) is 6.14. The van der Waals surface area contributed by atoms with Gasteiger partial charge in [0, 0.05) is 10.1 Å². The number of thioether (sulfide) groups is 1. The highest BCUT2D eigenvalue weighted by Crippen LogP contribution is 2.36. The van der Waals surface area contributed by atoms with E-state index in [1.807, 2.05) is 11.8 Å². The van der Waals surface area contributed by atoms with Gasteiger partial charge in [0.2, 0.25) is 0 Å². The van der Waals surface area contributed by atoms with E-state index in [0.29, 0.717) is 23.3 Å². The number of pyridine rings is 1. The molecular weight excluding hydrogens is 258 g/mol. The van der Waals surface area contributed by atoms with Crippen LogP contribution in [0.4, 0.5) is 0 Å². The van der Waals surface area contributed by atoms with Gasteiger partial charge in [-0.25, -0.2) is 4.98 Å². The molecule has 0 N–H and O–H groups in total. The van der Waals surface area contributed by atoms with Crippen LogP contribution in [0.15, 0.2) is 47.5 Å². The summed E-state index contributed by atoms with van der Waals surface area (Å²) in [5, 5.41) is 0.447. The summed E-state index contributed by atoms with van der Waals surface area (Å²) in [4.78, 5) is 15.8. The molecule has 0 amide bonds. The van der Waals surface area contributed by atoms with Crippen molar-refractivity contribution in [1.82, 2.24) is 4.98 Å². The zero-order valence-corrected chi connectivity index (χ0v) is 11.1. The molecule has 1 aromatic carbocycles. The van der Waals surface area contributed by atoms with Crippen LogP contribution in [0.5, 0.6) is 5.75 Å². The third-order valence-electron chi connectivity index (χ3n) is 3.03. The Morgan fingerprint density at radius 2 is 2.21 bits per heavy atom. The summed E-state index contributed by atoms with van der Waals surface area (Å²) in [5.41, 5.74) is 1.82. The van der Waals surface area contributed by atoms with Gasteiger partial charge in [0.05, 0.1) is 6.20 Å². The van der Waals surface area contributed by atoms with E-state index in [-0.39, 0.29) is 0 Å². The Bertz CT molecular complexity index is 558. The first-order chi connectivity index (χ1) is 9.35. The maximum absolute atomic E-state index is 10.5. The Morgan fingerprint density at radius 1 is 1.32 bits per heavy atom. The third kappa shape index (κ3) is 2.79. The first-order valence-corrected chi connectivity index (χ1v) is 7.02. The Hall–Kier alpha value is -1.81. The Labute approximate surface area is 116 Å². The van der Waals surface area contributed by atoms with Crippen LogP contribution in [-0.2, 0) is 6.42 Å². The summed E-state index contributed by atoms with van der Waals surface area (Å²) in [6.45, 7) is 0.654. The number of hydrogen-bond acceptors (Lipinski definition) is 4. The SMILES string of the molecule is O=Cc1ccc(OCC2Cc3ccccc3S2)cn1. The summed E-state index contributed by atoms with van der Waals surface area (Å²) in [7, 11) is 0. The minimum absolute atomic E-state index is 0.426. The molecule has 0 saturated carbocycles. The van der Waals surface area contributed by atoms with Crippen molar-refractivity contribution >= 4 is 18.0 Å². The molecule has 1 aromatic heterocycles. The largest absolute Gasteiger partial charge is 0.491 e. The Balaban J connectivity index is 1.58. The molecule has 0 radical (unpaired) electrons. The summed E-state index contributed by atoms with van der Waals surface area (Å²) < 4.78 is 5.72. The predicted molar refractivity (Wildman–Crippen MR) is 74.9 cm³/mol. The second-order valence-corrected chi connectivity index (χ2v) is 5.74. The van der Waals surface area contributed by atoms with E-state index in [2.05, 4.69) is 29.2 Å². The van der Waals surface area contributed by atoms with Gasteiger partial charge in [-0.3, -0.25) is 4.79 Å². The lowest BCUT2D eigenvalue weighted by Gasteiger charge is -2.10. The molecule has 2 aromatic rings. The number of hydrogen-bond donors (Lipinski definition) is 0. The van der Waals surface area contributed by atoms with Crippen molar-refractivity contribution in [2.45, 2.75) is 16.6 Å². The van der Waals surface area contributed by atoms with Crippen molar-refractivity contribution in [3.05, 3.63) is 53.9 Å². The standard InChI is InChI=1S/C15H13NO2S/c17-9-12-5-6-13(8-16-12)18-10-14-7-11-3-1-2-4-15(11)19-14/h1-6,8-9,14H,7,10H2. The smallest absolute Gasteiger partial charge is 0.168 e. The van der Waals surface area contributed by atoms with Crippen LogP contribution < -0.4 is 4.74 Å². The van der Waals surface area contributed by atoms with E-state index >= 15 is 0 Å². The zero-order chi connectivity index (χ0) is 13.1. The van der Waals surface area contributed by atoms with Gasteiger partial charge in [-0.05, 0) is 30.2 Å². The van der Waals surface area contributed by atoms with E-state index in [9.17, 15) is 4.79 Å². The highest BCUT2D eigenvalue weighted by molar-refractivity contribution is 8.00. The molecule has 1 aliphatic heterocycles. The highest BCUT2D eigenvalue weighted by atomic mass is 32.2. The van der Waals surface area contributed by atoms with Gasteiger partial charge in [0.1, 0.15) is 18.1 Å². The van der Waals surface area contributed by atoms with Crippen molar-refractivity contribution in [2.75, 3.05) is 6.61 Å². The van der Waals surface area contributed by atoms with Gasteiger partial charge in [-0.1, -0.05) is 18.2 Å². The molecule has 2 heterocycles. The van der Waals surface area contributed by atoms with Gasteiger partial charge < -0.3 is 4.74 Å². The molecule has 96 valence electrons. The van der Waals surface area contributed by atoms with Crippen LogP contribution in [0.1, 0.15) is 16.1 Å². The lowest BCUT2D eigenvalue weighted by molar-refractivity contribution is 0.111. The molecule has 0 spiro atoms. The average Bonchev–Trinajstić information content (AvgIpc) is 2.88. The van der Waals surface area contributed by atoms with Crippen LogP contribution in [0.3, 0.4) is 0 Å². The molecule has 1 atom stereocenters. The molecule has 1 aliphatic rings. The van der Waals surface area contributed by atoms with Crippen LogP contribution in [0.25, 0.3) is 0 Å². The number of ether oxygens (including phenoxy) is 1. The summed E-state index contributed by atoms with van der Waals surface area (Å²) in [5.74, 6) is 0.710. The van der Waals surface area contributed by atoms with Gasteiger partial charge >= 0.3 is 0 Å². The molecule has 3 nitrogen and oxygen atoms in total.